The standard InChI is InChI=1S/C14H17NO5S2/c1-10(14(17)15-11-6-8-22(18,19)9-11)20-13(16)5-4-12-3-2-7-21-12/h2-5,7,10-11H,6,8-9H2,1H3,(H,15,17)/b5-4+/t10-,11-/m1/s1. The van der Waals surface area contributed by atoms with Crippen LogP contribution in [-0.2, 0) is 24.2 Å². The molecule has 1 aromatic heterocycles. The first-order valence-electron chi connectivity index (χ1n) is 6.79. The third-order valence-electron chi connectivity index (χ3n) is 3.17. The van der Waals surface area contributed by atoms with E-state index in [0.29, 0.717) is 6.42 Å². The molecule has 1 saturated heterocycles. The van der Waals surface area contributed by atoms with Crippen molar-refractivity contribution in [2.45, 2.75) is 25.5 Å². The maximum absolute atomic E-state index is 11.9. The highest BCUT2D eigenvalue weighted by atomic mass is 32.2. The molecule has 1 fully saturated rings. The molecular weight excluding hydrogens is 326 g/mol. The number of sulfone groups is 1. The van der Waals surface area contributed by atoms with Gasteiger partial charge < -0.3 is 10.1 Å². The second-order valence-corrected chi connectivity index (χ2v) is 8.24. The molecule has 0 radical (unpaired) electrons. The van der Waals surface area contributed by atoms with E-state index in [1.165, 1.54) is 24.3 Å². The van der Waals surface area contributed by atoms with Gasteiger partial charge in [0.05, 0.1) is 11.5 Å². The van der Waals surface area contributed by atoms with Gasteiger partial charge in [0.1, 0.15) is 0 Å². The van der Waals surface area contributed by atoms with E-state index in [9.17, 15) is 18.0 Å². The van der Waals surface area contributed by atoms with Crippen molar-refractivity contribution in [2.75, 3.05) is 11.5 Å². The molecule has 1 N–H and O–H groups in total. The van der Waals surface area contributed by atoms with Crippen LogP contribution in [0.15, 0.2) is 23.6 Å². The SMILES string of the molecule is C[C@@H](OC(=O)/C=C/c1cccs1)C(=O)N[C@@H]1CCS(=O)(=O)C1. The minimum absolute atomic E-state index is 0.0579. The lowest BCUT2D eigenvalue weighted by atomic mass is 10.2. The number of hydrogen-bond acceptors (Lipinski definition) is 6. The van der Waals surface area contributed by atoms with Crippen LogP contribution in [-0.4, -0.2) is 43.9 Å². The summed E-state index contributed by atoms with van der Waals surface area (Å²) in [7, 11) is -3.06. The van der Waals surface area contributed by atoms with Gasteiger partial charge in [0.2, 0.25) is 0 Å². The van der Waals surface area contributed by atoms with Crippen LogP contribution in [0.1, 0.15) is 18.2 Å². The van der Waals surface area contributed by atoms with Crippen molar-refractivity contribution in [1.29, 1.82) is 0 Å². The third kappa shape index (κ3) is 4.96. The lowest BCUT2D eigenvalue weighted by Gasteiger charge is -2.15. The average Bonchev–Trinajstić information content (AvgIpc) is 3.06. The normalized spacial score (nSPS) is 21.6. The van der Waals surface area contributed by atoms with Gasteiger partial charge in [0.25, 0.3) is 5.91 Å². The Morgan fingerprint density at radius 1 is 1.50 bits per heavy atom. The summed E-state index contributed by atoms with van der Waals surface area (Å²) in [6, 6.07) is 3.31. The number of rotatable bonds is 5. The van der Waals surface area contributed by atoms with Crippen molar-refractivity contribution in [3.05, 3.63) is 28.5 Å². The van der Waals surface area contributed by atoms with Gasteiger partial charge in [-0.3, -0.25) is 4.79 Å². The zero-order valence-electron chi connectivity index (χ0n) is 12.0. The summed E-state index contributed by atoms with van der Waals surface area (Å²) in [4.78, 5) is 24.4. The van der Waals surface area contributed by atoms with Crippen LogP contribution >= 0.6 is 11.3 Å². The number of hydrogen-bond donors (Lipinski definition) is 1. The minimum atomic E-state index is -3.06. The maximum atomic E-state index is 11.9. The van der Waals surface area contributed by atoms with Crippen molar-refractivity contribution in [3.63, 3.8) is 0 Å². The molecule has 1 amide bonds. The lowest BCUT2D eigenvalue weighted by molar-refractivity contribution is -0.150. The monoisotopic (exact) mass is 343 g/mol. The summed E-state index contributed by atoms with van der Waals surface area (Å²) in [5.74, 6) is -1.08. The molecule has 2 heterocycles. The second kappa shape index (κ2) is 7.06. The summed E-state index contributed by atoms with van der Waals surface area (Å²) >= 11 is 1.48. The Hall–Kier alpha value is -1.67. The van der Waals surface area contributed by atoms with E-state index in [1.54, 1.807) is 6.08 Å². The Morgan fingerprint density at radius 2 is 2.27 bits per heavy atom. The molecule has 0 aliphatic carbocycles. The van der Waals surface area contributed by atoms with E-state index >= 15 is 0 Å². The molecule has 22 heavy (non-hydrogen) atoms. The zero-order chi connectivity index (χ0) is 16.2. The molecule has 1 aliphatic rings. The first kappa shape index (κ1) is 16.7. The molecule has 0 bridgehead atoms. The van der Waals surface area contributed by atoms with Crippen LogP contribution in [0.3, 0.4) is 0 Å². The highest BCUT2D eigenvalue weighted by molar-refractivity contribution is 7.91. The van der Waals surface area contributed by atoms with Crippen LogP contribution < -0.4 is 5.32 Å². The largest absolute Gasteiger partial charge is 0.449 e. The van der Waals surface area contributed by atoms with E-state index in [1.807, 2.05) is 17.5 Å². The number of amides is 1. The van der Waals surface area contributed by atoms with Crippen molar-refractivity contribution in [1.82, 2.24) is 5.32 Å². The number of thiophene rings is 1. The van der Waals surface area contributed by atoms with E-state index in [2.05, 4.69) is 5.32 Å². The number of nitrogens with one attached hydrogen (secondary N) is 1. The van der Waals surface area contributed by atoms with Gasteiger partial charge >= 0.3 is 5.97 Å². The predicted octanol–water partition coefficient (Wildman–Crippen LogP) is 0.996. The lowest BCUT2D eigenvalue weighted by Crippen LogP contribution is -2.42. The van der Waals surface area contributed by atoms with Crippen LogP contribution in [0.2, 0.25) is 0 Å². The fourth-order valence-electron chi connectivity index (χ4n) is 2.03. The van der Waals surface area contributed by atoms with Gasteiger partial charge in [-0.2, -0.15) is 0 Å². The van der Waals surface area contributed by atoms with Crippen molar-refractivity contribution >= 4 is 39.1 Å². The Bertz CT molecular complexity index is 663. The van der Waals surface area contributed by atoms with E-state index in [-0.39, 0.29) is 11.5 Å². The molecule has 1 aliphatic heterocycles. The van der Waals surface area contributed by atoms with E-state index in [4.69, 9.17) is 4.74 Å². The van der Waals surface area contributed by atoms with Gasteiger partial charge in [-0.05, 0) is 30.9 Å². The third-order valence-corrected chi connectivity index (χ3v) is 5.77. The quantitative estimate of drug-likeness (QED) is 0.636. The van der Waals surface area contributed by atoms with Crippen LogP contribution in [0, 0.1) is 0 Å². The van der Waals surface area contributed by atoms with Crippen molar-refractivity contribution in [3.8, 4) is 0 Å². The summed E-state index contributed by atoms with van der Waals surface area (Å²) in [6.07, 6.45) is 2.30. The highest BCUT2D eigenvalue weighted by Crippen LogP contribution is 2.12. The van der Waals surface area contributed by atoms with Gasteiger partial charge in [-0.15, -0.1) is 11.3 Å². The summed E-state index contributed by atoms with van der Waals surface area (Å²) in [6.45, 7) is 1.45. The minimum Gasteiger partial charge on any atom is -0.449 e. The van der Waals surface area contributed by atoms with Crippen LogP contribution in [0.5, 0.6) is 0 Å². The van der Waals surface area contributed by atoms with Gasteiger partial charge in [-0.1, -0.05) is 6.07 Å². The van der Waals surface area contributed by atoms with Gasteiger partial charge in [0.15, 0.2) is 15.9 Å². The number of ether oxygens (including phenoxy) is 1. The number of carbonyl (C=O) groups is 2. The van der Waals surface area contributed by atoms with Crippen LogP contribution in [0.25, 0.3) is 6.08 Å². The number of esters is 1. The first-order valence-corrected chi connectivity index (χ1v) is 9.49. The maximum Gasteiger partial charge on any atom is 0.331 e. The van der Waals surface area contributed by atoms with Gasteiger partial charge in [0, 0.05) is 17.0 Å². The Morgan fingerprint density at radius 3 is 2.86 bits per heavy atom. The Labute approximate surface area is 133 Å². The van der Waals surface area contributed by atoms with E-state index in [0.717, 1.165) is 4.88 Å². The molecule has 8 heteroatoms. The summed E-state index contributed by atoms with van der Waals surface area (Å²) in [5.41, 5.74) is 0. The molecule has 2 rings (SSSR count). The van der Waals surface area contributed by atoms with Crippen molar-refractivity contribution in [2.24, 2.45) is 0 Å². The zero-order valence-corrected chi connectivity index (χ0v) is 13.7. The smallest absolute Gasteiger partial charge is 0.331 e. The number of carbonyl (C=O) groups excluding carboxylic acids is 2. The van der Waals surface area contributed by atoms with Gasteiger partial charge in [-0.25, -0.2) is 13.2 Å². The molecule has 6 nitrogen and oxygen atoms in total. The fourth-order valence-corrected chi connectivity index (χ4v) is 4.32. The Kier molecular flexibility index (Phi) is 5.36. The first-order chi connectivity index (χ1) is 10.4. The Balaban J connectivity index is 1.80. The highest BCUT2D eigenvalue weighted by Gasteiger charge is 2.30. The molecule has 0 saturated carbocycles. The molecule has 0 spiro atoms. The van der Waals surface area contributed by atoms with E-state index < -0.39 is 33.9 Å². The molecular formula is C14H17NO5S2. The molecule has 120 valence electrons. The topological polar surface area (TPSA) is 89.5 Å². The average molecular weight is 343 g/mol. The van der Waals surface area contributed by atoms with Crippen LogP contribution in [0.4, 0.5) is 0 Å². The fraction of sp³-hybridized carbons (Fsp3) is 0.429. The molecule has 1 aromatic rings. The molecule has 2 atom stereocenters. The predicted molar refractivity (Wildman–Crippen MR) is 84.1 cm³/mol. The summed E-state index contributed by atoms with van der Waals surface area (Å²) < 4.78 is 27.6. The molecule has 0 aromatic carbocycles. The molecule has 0 unspecified atom stereocenters. The van der Waals surface area contributed by atoms with Crippen molar-refractivity contribution < 1.29 is 22.7 Å². The summed E-state index contributed by atoms with van der Waals surface area (Å²) in [5, 5.41) is 4.48. The second-order valence-electron chi connectivity index (χ2n) is 5.04.